The van der Waals surface area contributed by atoms with E-state index in [4.69, 9.17) is 4.74 Å². The molecule has 20 heavy (non-hydrogen) atoms. The normalized spacial score (nSPS) is 21.1. The molecule has 1 heterocycles. The van der Waals surface area contributed by atoms with Gasteiger partial charge in [-0.2, -0.15) is 0 Å². The molecule has 0 radical (unpaired) electrons. The molecule has 0 saturated carbocycles. The molecule has 4 heteroatoms. The highest BCUT2D eigenvalue weighted by atomic mass is 16.5. The molecule has 2 unspecified atom stereocenters. The zero-order valence-corrected chi connectivity index (χ0v) is 12.6. The third-order valence-corrected chi connectivity index (χ3v) is 4.11. The molecule has 0 aliphatic carbocycles. The van der Waals surface area contributed by atoms with Crippen LogP contribution in [0.5, 0.6) is 0 Å². The number of benzene rings is 1. The zero-order valence-electron chi connectivity index (χ0n) is 12.6. The van der Waals surface area contributed by atoms with E-state index in [1.165, 1.54) is 7.11 Å². The second-order valence-electron chi connectivity index (χ2n) is 5.65. The van der Waals surface area contributed by atoms with Crippen LogP contribution in [0, 0.1) is 0 Å². The maximum Gasteiger partial charge on any atom is 0.314 e. The Morgan fingerprint density at radius 2 is 2.10 bits per heavy atom. The predicted octanol–water partition coefficient (Wildman–Crippen LogP) is 1.58. The third-order valence-electron chi connectivity index (χ3n) is 4.11. The maximum absolute atomic E-state index is 12.1. The highest BCUT2D eigenvalue weighted by Gasteiger charge is 2.29. The van der Waals surface area contributed by atoms with Crippen molar-refractivity contribution < 1.29 is 9.53 Å². The molecule has 1 fully saturated rings. The van der Waals surface area contributed by atoms with E-state index in [-0.39, 0.29) is 11.9 Å². The fraction of sp³-hybridized carbons (Fsp3) is 0.562. The molecule has 0 amide bonds. The van der Waals surface area contributed by atoms with Crippen molar-refractivity contribution in [3.8, 4) is 0 Å². The lowest BCUT2D eigenvalue weighted by atomic mass is 9.99. The van der Waals surface area contributed by atoms with Crippen molar-refractivity contribution in [1.82, 2.24) is 9.80 Å². The van der Waals surface area contributed by atoms with Gasteiger partial charge in [-0.05, 0) is 32.6 Å². The minimum absolute atomic E-state index is 0.149. The largest absolute Gasteiger partial charge is 0.469 e. The third kappa shape index (κ3) is 3.58. The molecule has 2 rings (SSSR count). The van der Waals surface area contributed by atoms with E-state index in [0.717, 1.165) is 31.6 Å². The standard InChI is InChI=1S/C16H24N2O2/c1-17(2)14-9-10-18(11-14)12-15(16(19)20-3)13-7-5-4-6-8-13/h4-8,14-15H,9-12H2,1-3H3. The minimum Gasteiger partial charge on any atom is -0.469 e. The molecule has 1 aromatic rings. The topological polar surface area (TPSA) is 32.8 Å². The van der Waals surface area contributed by atoms with Gasteiger partial charge in [-0.3, -0.25) is 4.79 Å². The SMILES string of the molecule is COC(=O)C(CN1CCC(N(C)C)C1)c1ccccc1. The number of carbonyl (C=O) groups is 1. The van der Waals surface area contributed by atoms with Gasteiger partial charge in [0.1, 0.15) is 0 Å². The summed E-state index contributed by atoms with van der Waals surface area (Å²) in [5, 5.41) is 0. The molecule has 110 valence electrons. The second-order valence-corrected chi connectivity index (χ2v) is 5.65. The lowest BCUT2D eigenvalue weighted by Gasteiger charge is -2.24. The summed E-state index contributed by atoms with van der Waals surface area (Å²) in [6.07, 6.45) is 1.16. The van der Waals surface area contributed by atoms with Gasteiger partial charge in [-0.15, -0.1) is 0 Å². The summed E-state index contributed by atoms with van der Waals surface area (Å²) in [5.74, 6) is -0.341. The molecule has 2 atom stereocenters. The van der Waals surface area contributed by atoms with Gasteiger partial charge in [0.15, 0.2) is 0 Å². The highest BCUT2D eigenvalue weighted by molar-refractivity contribution is 5.78. The van der Waals surface area contributed by atoms with E-state index in [9.17, 15) is 4.79 Å². The van der Waals surface area contributed by atoms with E-state index in [0.29, 0.717) is 6.04 Å². The minimum atomic E-state index is -0.192. The molecule has 0 N–H and O–H groups in total. The number of likely N-dealkylation sites (tertiary alicyclic amines) is 1. The van der Waals surface area contributed by atoms with E-state index in [2.05, 4.69) is 23.9 Å². The summed E-state index contributed by atoms with van der Waals surface area (Å²) in [6, 6.07) is 10.5. The zero-order chi connectivity index (χ0) is 14.5. The monoisotopic (exact) mass is 276 g/mol. The summed E-state index contributed by atoms with van der Waals surface area (Å²) in [6.45, 7) is 2.80. The van der Waals surface area contributed by atoms with Crippen LogP contribution >= 0.6 is 0 Å². The van der Waals surface area contributed by atoms with Crippen LogP contribution in [0.1, 0.15) is 17.9 Å². The second kappa shape index (κ2) is 6.86. The summed E-state index contributed by atoms with van der Waals surface area (Å²) in [4.78, 5) is 16.7. The number of hydrogen-bond donors (Lipinski definition) is 0. The Morgan fingerprint density at radius 1 is 1.40 bits per heavy atom. The van der Waals surface area contributed by atoms with Crippen molar-refractivity contribution in [3.63, 3.8) is 0 Å². The Morgan fingerprint density at radius 3 is 2.65 bits per heavy atom. The summed E-state index contributed by atoms with van der Waals surface area (Å²) in [5.41, 5.74) is 1.03. The Labute approximate surface area is 121 Å². The number of hydrogen-bond acceptors (Lipinski definition) is 4. The van der Waals surface area contributed by atoms with Crippen LogP contribution in [-0.4, -0.2) is 62.7 Å². The van der Waals surface area contributed by atoms with Crippen LogP contribution in [-0.2, 0) is 9.53 Å². The molecule has 4 nitrogen and oxygen atoms in total. The number of likely N-dealkylation sites (N-methyl/N-ethyl adjacent to an activating group) is 1. The van der Waals surface area contributed by atoms with Crippen LogP contribution in [0.4, 0.5) is 0 Å². The molecule has 1 saturated heterocycles. The number of methoxy groups -OCH3 is 1. The van der Waals surface area contributed by atoms with Crippen LogP contribution in [0.15, 0.2) is 30.3 Å². The van der Waals surface area contributed by atoms with Gasteiger partial charge in [-0.1, -0.05) is 30.3 Å². The summed E-state index contributed by atoms with van der Waals surface area (Å²) < 4.78 is 4.98. The van der Waals surface area contributed by atoms with Gasteiger partial charge in [0.25, 0.3) is 0 Å². The maximum atomic E-state index is 12.1. The molecule has 0 aromatic heterocycles. The lowest BCUT2D eigenvalue weighted by molar-refractivity contribution is -0.142. The number of rotatable bonds is 5. The first-order chi connectivity index (χ1) is 9.61. The Kier molecular flexibility index (Phi) is 5.15. The van der Waals surface area contributed by atoms with Crippen LogP contribution in [0.25, 0.3) is 0 Å². The van der Waals surface area contributed by atoms with Gasteiger partial charge in [0, 0.05) is 19.1 Å². The molecule has 0 spiro atoms. The molecular weight excluding hydrogens is 252 g/mol. The fourth-order valence-corrected chi connectivity index (χ4v) is 2.80. The van der Waals surface area contributed by atoms with Crippen molar-refractivity contribution in [2.24, 2.45) is 0 Å². The molecular formula is C16H24N2O2. The van der Waals surface area contributed by atoms with E-state index in [1.54, 1.807) is 0 Å². The van der Waals surface area contributed by atoms with Gasteiger partial charge in [0.05, 0.1) is 13.0 Å². The predicted molar refractivity (Wildman–Crippen MR) is 79.7 cm³/mol. The molecule has 1 aliphatic rings. The number of nitrogens with zero attached hydrogens (tertiary/aromatic N) is 2. The van der Waals surface area contributed by atoms with Crippen molar-refractivity contribution >= 4 is 5.97 Å². The summed E-state index contributed by atoms with van der Waals surface area (Å²) in [7, 11) is 5.69. The molecule has 0 bridgehead atoms. The van der Waals surface area contributed by atoms with Crippen LogP contribution in [0.2, 0.25) is 0 Å². The first-order valence-corrected chi connectivity index (χ1v) is 7.13. The van der Waals surface area contributed by atoms with Crippen molar-refractivity contribution in [2.75, 3.05) is 40.8 Å². The van der Waals surface area contributed by atoms with E-state index < -0.39 is 0 Å². The van der Waals surface area contributed by atoms with Crippen molar-refractivity contribution in [1.29, 1.82) is 0 Å². The van der Waals surface area contributed by atoms with Crippen molar-refractivity contribution in [2.45, 2.75) is 18.4 Å². The first kappa shape index (κ1) is 15.0. The number of carbonyl (C=O) groups excluding carboxylic acids is 1. The van der Waals surface area contributed by atoms with Gasteiger partial charge < -0.3 is 14.5 Å². The molecule has 1 aromatic carbocycles. The number of esters is 1. The smallest absolute Gasteiger partial charge is 0.314 e. The quantitative estimate of drug-likeness (QED) is 0.765. The van der Waals surface area contributed by atoms with Gasteiger partial charge >= 0.3 is 5.97 Å². The fourth-order valence-electron chi connectivity index (χ4n) is 2.80. The highest BCUT2D eigenvalue weighted by Crippen LogP contribution is 2.22. The van der Waals surface area contributed by atoms with Crippen molar-refractivity contribution in [3.05, 3.63) is 35.9 Å². The molecule has 1 aliphatic heterocycles. The number of ether oxygens (including phenoxy) is 1. The van der Waals surface area contributed by atoms with Crippen LogP contribution < -0.4 is 0 Å². The average Bonchev–Trinajstić information content (AvgIpc) is 2.94. The Balaban J connectivity index is 2.04. The lowest BCUT2D eigenvalue weighted by Crippen LogP contribution is -2.35. The van der Waals surface area contributed by atoms with Gasteiger partial charge in [0.2, 0.25) is 0 Å². The first-order valence-electron chi connectivity index (χ1n) is 7.13. The van der Waals surface area contributed by atoms with Crippen LogP contribution in [0.3, 0.4) is 0 Å². The summed E-state index contributed by atoms with van der Waals surface area (Å²) >= 11 is 0. The van der Waals surface area contributed by atoms with Gasteiger partial charge in [-0.25, -0.2) is 0 Å². The van der Waals surface area contributed by atoms with E-state index >= 15 is 0 Å². The Bertz CT molecular complexity index is 433. The Hall–Kier alpha value is -1.39. The average molecular weight is 276 g/mol. The van der Waals surface area contributed by atoms with E-state index in [1.807, 2.05) is 30.3 Å².